The second-order valence-electron chi connectivity index (χ2n) is 17.9. The van der Waals surface area contributed by atoms with Gasteiger partial charge in [-0.05, 0) is 103 Å². The van der Waals surface area contributed by atoms with Crippen LogP contribution in [0.5, 0.6) is 0 Å². The predicted molar refractivity (Wildman–Crippen MR) is 254 cm³/mol. The normalized spacial score (nSPS) is 24.6. The largest absolute Gasteiger partial charge is 0.317 e. The summed E-state index contributed by atoms with van der Waals surface area (Å²) < 4.78 is 56.9. The molecule has 0 aromatic heterocycles. The van der Waals surface area contributed by atoms with E-state index in [0.29, 0.717) is 88.0 Å². The van der Waals surface area contributed by atoms with Crippen LogP contribution >= 0.6 is 0 Å². The number of amidine groups is 2. The van der Waals surface area contributed by atoms with Crippen LogP contribution in [0.15, 0.2) is 78.5 Å². The van der Waals surface area contributed by atoms with Crippen LogP contribution in [0.4, 0.5) is 0 Å². The molecule has 2 aromatic rings. The minimum atomic E-state index is -3.69. The smallest absolute Gasteiger partial charge is 0.252 e. The van der Waals surface area contributed by atoms with Crippen LogP contribution in [0.3, 0.4) is 0 Å². The molecule has 66 heavy (non-hydrogen) atoms. The lowest BCUT2D eigenvalue weighted by Crippen LogP contribution is -2.54. The van der Waals surface area contributed by atoms with Crippen molar-refractivity contribution in [3.63, 3.8) is 0 Å². The van der Waals surface area contributed by atoms with E-state index in [-0.39, 0.29) is 21.6 Å². The Labute approximate surface area is 388 Å². The number of rotatable bonds is 19. The van der Waals surface area contributed by atoms with Gasteiger partial charge in [0.05, 0.1) is 21.2 Å². The molecule has 0 saturated carbocycles. The number of carbonyl (C=O) groups is 2. The number of fused-ring (bicyclic) bond motifs is 2. The van der Waals surface area contributed by atoms with Gasteiger partial charge in [-0.2, -0.15) is 18.8 Å². The van der Waals surface area contributed by atoms with E-state index in [9.17, 15) is 26.4 Å². The minimum Gasteiger partial charge on any atom is -0.317 e. The summed E-state index contributed by atoms with van der Waals surface area (Å²) in [5.74, 6) is 0.296. The van der Waals surface area contributed by atoms with Gasteiger partial charge in [0, 0.05) is 77.6 Å². The van der Waals surface area contributed by atoms with E-state index in [2.05, 4.69) is 31.1 Å². The van der Waals surface area contributed by atoms with E-state index >= 15 is 0 Å². The Balaban J connectivity index is 0.743. The first-order valence-electron chi connectivity index (χ1n) is 23.1. The number of hydrazone groups is 2. The summed E-state index contributed by atoms with van der Waals surface area (Å²) in [7, 11) is 0.158. The molecule has 0 radical (unpaired) electrons. The Morgan fingerprint density at radius 1 is 0.561 bits per heavy atom. The molecule has 22 heteroatoms. The number of nitrogens with zero attached hydrogens (tertiary/aromatic N) is 10. The number of benzene rings is 2. The number of likely N-dealkylation sites (N-methyl/N-ethyl adjacent to an activating group) is 4. The summed E-state index contributed by atoms with van der Waals surface area (Å²) in [6.07, 6.45) is 5.03. The second kappa shape index (κ2) is 20.7. The first-order valence-corrected chi connectivity index (χ1v) is 26.0. The van der Waals surface area contributed by atoms with E-state index in [1.807, 2.05) is 14.1 Å². The maximum Gasteiger partial charge on any atom is 0.252 e. The monoisotopic (exact) mass is 948 g/mol. The van der Waals surface area contributed by atoms with Gasteiger partial charge in [-0.25, -0.2) is 16.8 Å². The van der Waals surface area contributed by atoms with Crippen LogP contribution in [0.1, 0.15) is 49.7 Å². The van der Waals surface area contributed by atoms with Gasteiger partial charge in [0.15, 0.2) is 12.1 Å². The Morgan fingerprint density at radius 2 is 0.939 bits per heavy atom. The number of nitrogens with one attached hydrogen (secondary N) is 4. The number of aliphatic imine (C=N–C) groups is 2. The quantitative estimate of drug-likeness (QED) is 0.133. The van der Waals surface area contributed by atoms with Crippen molar-refractivity contribution < 1.29 is 26.4 Å². The molecule has 358 valence electrons. The molecule has 0 bridgehead atoms. The van der Waals surface area contributed by atoms with Crippen molar-refractivity contribution in [2.45, 2.75) is 72.5 Å². The third-order valence-corrected chi connectivity index (χ3v) is 16.9. The number of unbranched alkanes of at least 4 members (excludes halogenated alkanes) is 1. The highest BCUT2D eigenvalue weighted by molar-refractivity contribution is 7.89. The number of carbonyl (C=O) groups excluding carboxylic acids is 2. The molecule has 2 fully saturated rings. The third-order valence-electron chi connectivity index (χ3n) is 13.2. The van der Waals surface area contributed by atoms with Gasteiger partial charge in [0.2, 0.25) is 20.0 Å². The van der Waals surface area contributed by atoms with Crippen molar-refractivity contribution in [2.24, 2.45) is 20.2 Å². The van der Waals surface area contributed by atoms with Crippen molar-refractivity contribution in [3.8, 4) is 0 Å². The number of sulfonamides is 2. The molecular weight excluding hydrogens is 885 g/mol. The average molecular weight is 949 g/mol. The second-order valence-corrected chi connectivity index (χ2v) is 21.8. The summed E-state index contributed by atoms with van der Waals surface area (Å²) in [5.41, 5.74) is 2.78. The molecule has 0 spiro atoms. The summed E-state index contributed by atoms with van der Waals surface area (Å²) in [6.45, 7) is 7.75. The van der Waals surface area contributed by atoms with Crippen LogP contribution in [0, 0.1) is 0 Å². The number of amides is 2. The molecule has 4 atom stereocenters. The molecule has 2 aromatic carbocycles. The SMILES string of the molecule is CN1CCN(S(=O)(=O)c2cccc(C3=NC4C(CCCNCCCCNCCCC5=NN(C)C6C(=O)NC(c7cccc(S(=O)(=O)N8CCN(C)CC8)c7)=NC56)=NN(C)C4C(=O)N3)c2)CC1. The predicted octanol–water partition coefficient (Wildman–Crippen LogP) is -0.391. The highest BCUT2D eigenvalue weighted by Gasteiger charge is 2.45. The maximum atomic E-state index is 13.5. The summed E-state index contributed by atoms with van der Waals surface area (Å²) in [6, 6.07) is 11.3. The van der Waals surface area contributed by atoms with Gasteiger partial charge in [-0.3, -0.25) is 29.6 Å². The van der Waals surface area contributed by atoms with Crippen molar-refractivity contribution in [1.29, 1.82) is 0 Å². The van der Waals surface area contributed by atoms with E-state index < -0.39 is 44.2 Å². The molecule has 2 amide bonds. The number of piperazine rings is 2. The lowest BCUT2D eigenvalue weighted by Gasteiger charge is -2.31. The fourth-order valence-corrected chi connectivity index (χ4v) is 12.2. The lowest BCUT2D eigenvalue weighted by atomic mass is 9.98. The summed E-state index contributed by atoms with van der Waals surface area (Å²) >= 11 is 0. The van der Waals surface area contributed by atoms with Gasteiger partial charge in [-0.15, -0.1) is 0 Å². The zero-order chi connectivity index (χ0) is 46.6. The summed E-state index contributed by atoms with van der Waals surface area (Å²) in [4.78, 5) is 41.0. The van der Waals surface area contributed by atoms with Crippen LogP contribution in [0.2, 0.25) is 0 Å². The lowest BCUT2D eigenvalue weighted by molar-refractivity contribution is -0.125. The van der Waals surface area contributed by atoms with E-state index in [1.165, 1.54) is 8.61 Å². The molecule has 4 unspecified atom stereocenters. The maximum absolute atomic E-state index is 13.5. The highest BCUT2D eigenvalue weighted by Crippen LogP contribution is 2.27. The number of hydrogen-bond donors (Lipinski definition) is 4. The molecule has 20 nitrogen and oxygen atoms in total. The number of hydrogen-bond acceptors (Lipinski definition) is 16. The molecule has 6 heterocycles. The van der Waals surface area contributed by atoms with Crippen molar-refractivity contribution in [3.05, 3.63) is 59.7 Å². The van der Waals surface area contributed by atoms with Gasteiger partial charge < -0.3 is 31.1 Å². The van der Waals surface area contributed by atoms with Gasteiger partial charge in [0.1, 0.15) is 23.8 Å². The molecule has 8 rings (SSSR count). The van der Waals surface area contributed by atoms with Gasteiger partial charge in [0.25, 0.3) is 11.8 Å². The Kier molecular flexibility index (Phi) is 15.0. The first kappa shape index (κ1) is 47.8. The molecule has 6 aliphatic rings. The zero-order valence-electron chi connectivity index (χ0n) is 38.4. The average Bonchev–Trinajstić information content (AvgIpc) is 3.81. The first-order chi connectivity index (χ1) is 31.7. The third kappa shape index (κ3) is 10.5. The molecular formula is C44H64N14O6S2. The molecule has 6 aliphatic heterocycles. The molecule has 4 N–H and O–H groups in total. The van der Waals surface area contributed by atoms with Gasteiger partial charge >= 0.3 is 0 Å². The van der Waals surface area contributed by atoms with Crippen molar-refractivity contribution in [1.82, 2.24) is 49.7 Å². The molecule has 0 aliphatic carbocycles. The van der Waals surface area contributed by atoms with Crippen LogP contribution in [0.25, 0.3) is 0 Å². The van der Waals surface area contributed by atoms with E-state index in [4.69, 9.17) is 20.2 Å². The van der Waals surface area contributed by atoms with Crippen LogP contribution in [-0.2, 0) is 29.6 Å². The fourth-order valence-electron chi connectivity index (χ4n) is 9.25. The Bertz CT molecular complexity index is 2300. The zero-order valence-corrected chi connectivity index (χ0v) is 40.0. The van der Waals surface area contributed by atoms with Crippen LogP contribution < -0.4 is 21.3 Å². The fraction of sp³-hybridized carbons (Fsp3) is 0.591. The highest BCUT2D eigenvalue weighted by atomic mass is 32.2. The summed E-state index contributed by atoms with van der Waals surface area (Å²) in [5, 5.41) is 25.6. The van der Waals surface area contributed by atoms with E-state index in [0.717, 1.165) is 63.3 Å². The standard InChI is InChI=1S/C44H64N14O6S2/c1-53-21-25-57(26-22-53)65(61,62)33-13-7-11-31(29-33)41-47-37-35(51-55(3)39(37)43(59)49-41)15-9-19-45-17-5-6-18-46-20-10-16-36-38-40(56(4)52-36)44(60)50-42(48-38)32-12-8-14-34(30-32)66(63,64)58-27-23-54(2)24-28-58/h7-8,11-14,29-30,37-40,45-46H,5-6,9-10,15-28H2,1-4H3,(H,47,49,59)(H,48,50,60). The van der Waals surface area contributed by atoms with E-state index in [1.54, 1.807) is 72.6 Å². The Morgan fingerprint density at radius 3 is 1.33 bits per heavy atom. The van der Waals surface area contributed by atoms with Crippen molar-refractivity contribution in [2.75, 3.05) is 107 Å². The van der Waals surface area contributed by atoms with Crippen molar-refractivity contribution >= 4 is 55.0 Å². The van der Waals surface area contributed by atoms with Crippen LogP contribution in [-0.4, -0.2) is 211 Å². The molecule has 2 saturated heterocycles. The Hall–Kier alpha value is -4.68. The van der Waals surface area contributed by atoms with Gasteiger partial charge in [-0.1, -0.05) is 24.3 Å². The minimum absolute atomic E-state index is 0.186. The topological polar surface area (TPSA) is 219 Å².